The Morgan fingerprint density at radius 2 is 1.92 bits per heavy atom. The molecule has 5 atom stereocenters. The number of hydrogen-bond acceptors (Lipinski definition) is 9. The summed E-state index contributed by atoms with van der Waals surface area (Å²) in [5.41, 5.74) is 1.53. The third-order valence-electron chi connectivity index (χ3n) is 10.2. The summed E-state index contributed by atoms with van der Waals surface area (Å²) in [6.45, 7) is 6.05. The summed E-state index contributed by atoms with van der Waals surface area (Å²) in [5, 5.41) is 4.82. The molecule has 3 N–H and O–H groups in total. The molecule has 6 rings (SSSR count). The Hall–Kier alpha value is -4.14. The fraction of sp³-hybridized carbons (Fsp3) is 0.618. The van der Waals surface area contributed by atoms with Gasteiger partial charge in [0.1, 0.15) is 23.7 Å². The van der Waals surface area contributed by atoms with Crippen LogP contribution in [-0.4, -0.2) is 90.3 Å². The van der Waals surface area contributed by atoms with E-state index in [0.29, 0.717) is 45.2 Å². The third-order valence-corrected chi connectivity index (χ3v) is 12.0. The van der Waals surface area contributed by atoms with Gasteiger partial charge in [-0.3, -0.25) is 24.0 Å². The molecule has 3 aliphatic heterocycles. The summed E-state index contributed by atoms with van der Waals surface area (Å²) in [6.07, 6.45) is 4.62. The average molecular weight is 700 g/mol. The number of allylic oxidation sites excluding steroid dienone is 1. The van der Waals surface area contributed by atoms with Crippen molar-refractivity contribution in [3.05, 3.63) is 41.0 Å². The fourth-order valence-electron chi connectivity index (χ4n) is 7.06. The van der Waals surface area contributed by atoms with Crippen LogP contribution in [0.2, 0.25) is 0 Å². The van der Waals surface area contributed by atoms with Crippen LogP contribution in [0.25, 0.3) is 6.08 Å². The van der Waals surface area contributed by atoms with Gasteiger partial charge >= 0.3 is 12.2 Å². The largest absolute Gasteiger partial charge is 0.450 e. The number of fused-ring (bicyclic) bond motifs is 3. The highest BCUT2D eigenvalue weighted by molar-refractivity contribution is 7.91. The van der Waals surface area contributed by atoms with Crippen molar-refractivity contribution < 1.29 is 41.9 Å². The van der Waals surface area contributed by atoms with Crippen molar-refractivity contribution >= 4 is 46.0 Å². The molecule has 5 amide bonds. The molecule has 1 saturated heterocycles. The van der Waals surface area contributed by atoms with Gasteiger partial charge in [0.25, 0.3) is 5.91 Å². The van der Waals surface area contributed by atoms with Crippen molar-refractivity contribution in [2.75, 3.05) is 13.2 Å². The number of nitrogens with one attached hydrogen (secondary N) is 3. The molecule has 1 aromatic rings. The molecule has 3 heterocycles. The monoisotopic (exact) mass is 699 g/mol. The van der Waals surface area contributed by atoms with Gasteiger partial charge in [0.05, 0.1) is 24.9 Å². The summed E-state index contributed by atoms with van der Waals surface area (Å²) < 4.78 is 38.7. The minimum absolute atomic E-state index is 0.0534. The van der Waals surface area contributed by atoms with Gasteiger partial charge in [-0.05, 0) is 60.6 Å². The molecule has 4 bridgehead atoms. The quantitative estimate of drug-likeness (QED) is 0.386. The Morgan fingerprint density at radius 3 is 2.61 bits per heavy atom. The predicted molar refractivity (Wildman–Crippen MR) is 177 cm³/mol. The zero-order chi connectivity index (χ0) is 35.1. The molecule has 0 radical (unpaired) electrons. The zero-order valence-corrected chi connectivity index (χ0v) is 28.9. The van der Waals surface area contributed by atoms with Crippen LogP contribution in [0.4, 0.5) is 9.59 Å². The first kappa shape index (κ1) is 34.7. The summed E-state index contributed by atoms with van der Waals surface area (Å²) in [6, 6.07) is 3.65. The highest BCUT2D eigenvalue weighted by Gasteiger charge is 2.62. The number of carbonyl (C=O) groups excluding carboxylic acids is 5. The fourth-order valence-corrected chi connectivity index (χ4v) is 8.42. The van der Waals surface area contributed by atoms with Crippen molar-refractivity contribution in [1.29, 1.82) is 0 Å². The summed E-state index contributed by atoms with van der Waals surface area (Å²) >= 11 is 0. The molecule has 3 fully saturated rings. The van der Waals surface area contributed by atoms with E-state index < -0.39 is 74.8 Å². The number of alkyl carbamates (subject to hydrolysis) is 1. The molecule has 0 aromatic heterocycles. The molecular formula is C34H45N5O9S. The Labute approximate surface area is 286 Å². The lowest BCUT2D eigenvalue weighted by molar-refractivity contribution is -0.141. The van der Waals surface area contributed by atoms with Gasteiger partial charge in [-0.15, -0.1) is 0 Å². The van der Waals surface area contributed by atoms with Crippen molar-refractivity contribution in [2.24, 2.45) is 11.8 Å². The van der Waals surface area contributed by atoms with Crippen LogP contribution in [0.1, 0.15) is 82.4 Å². The zero-order valence-electron chi connectivity index (χ0n) is 28.1. The van der Waals surface area contributed by atoms with E-state index >= 15 is 0 Å². The first-order valence-corrected chi connectivity index (χ1v) is 18.7. The Morgan fingerprint density at radius 1 is 1.14 bits per heavy atom. The normalized spacial score (nSPS) is 28.9. The maximum atomic E-state index is 14.1. The van der Waals surface area contributed by atoms with Gasteiger partial charge in [-0.25, -0.2) is 18.0 Å². The van der Waals surface area contributed by atoms with Crippen LogP contribution < -0.4 is 15.4 Å². The summed E-state index contributed by atoms with van der Waals surface area (Å²) in [4.78, 5) is 70.7. The minimum atomic E-state index is -3.86. The van der Waals surface area contributed by atoms with Gasteiger partial charge in [-0.1, -0.05) is 57.5 Å². The van der Waals surface area contributed by atoms with E-state index in [-0.39, 0.29) is 31.9 Å². The van der Waals surface area contributed by atoms with E-state index in [4.69, 9.17) is 9.47 Å². The lowest BCUT2D eigenvalue weighted by Crippen LogP contribution is -2.59. The minimum Gasteiger partial charge on any atom is -0.450 e. The summed E-state index contributed by atoms with van der Waals surface area (Å²) in [5.74, 6) is -2.72. The van der Waals surface area contributed by atoms with Crippen LogP contribution in [-0.2, 0) is 47.0 Å². The second kappa shape index (κ2) is 13.6. The first-order chi connectivity index (χ1) is 23.3. The number of hydrogen-bond donors (Lipinski definition) is 3. The SMILES string of the molecule is CC[C@@H]1C[C@]1(NC(=O)[C@@H]1C[C@@H]2CN1C(=O)[C@H](C(C)C)NC(=O)OCCCC=Cc1cccc3c1CN(C3)C(=O)O2)C(=O)NS(=O)(=O)C1CC1. The number of nitrogens with zero attached hydrogens (tertiary/aromatic N) is 2. The maximum Gasteiger partial charge on any atom is 0.410 e. The molecule has 15 heteroatoms. The van der Waals surface area contributed by atoms with Crippen LogP contribution in [0.5, 0.6) is 0 Å². The van der Waals surface area contributed by atoms with Crippen LogP contribution >= 0.6 is 0 Å². The molecule has 0 unspecified atom stereocenters. The molecule has 2 saturated carbocycles. The Bertz CT molecular complexity index is 1660. The molecule has 2 aliphatic carbocycles. The number of sulfonamides is 1. The lowest BCUT2D eigenvalue weighted by atomic mass is 10.0. The summed E-state index contributed by atoms with van der Waals surface area (Å²) in [7, 11) is -3.86. The molecular weight excluding hydrogens is 654 g/mol. The molecule has 14 nitrogen and oxygen atoms in total. The van der Waals surface area contributed by atoms with E-state index in [1.165, 1.54) is 4.90 Å². The maximum absolute atomic E-state index is 14.1. The highest BCUT2D eigenvalue weighted by atomic mass is 32.2. The second-order valence-corrected chi connectivity index (χ2v) is 16.0. The van der Waals surface area contributed by atoms with Gasteiger partial charge in [0, 0.05) is 13.0 Å². The average Bonchev–Trinajstić information content (AvgIpc) is 3.95. The van der Waals surface area contributed by atoms with Crippen molar-refractivity contribution in [2.45, 2.75) is 108 Å². The van der Waals surface area contributed by atoms with Gasteiger partial charge in [-0.2, -0.15) is 0 Å². The van der Waals surface area contributed by atoms with Crippen LogP contribution in [0, 0.1) is 11.8 Å². The number of amides is 5. The standard InChI is InChI=1S/C34H45N5O9S/c1-4-23-16-34(23,31(42)37-49(45,46)25-12-13-25)36-29(40)27-15-24-18-39(27)30(41)28(20(2)3)35-32(43)47-14-7-5-6-9-21-10-8-11-22-17-38(19-26(21)22)33(44)48-24/h6,8-11,20,23-25,27-28H,4-5,7,12-19H2,1-3H3,(H,35,43)(H,36,40)(H,37,42)/t23-,24-,27+,28+,34-/m1/s1. The van der Waals surface area contributed by atoms with Crippen LogP contribution in [0.15, 0.2) is 24.3 Å². The molecule has 49 heavy (non-hydrogen) atoms. The van der Waals surface area contributed by atoms with E-state index in [1.54, 1.807) is 18.7 Å². The topological polar surface area (TPSA) is 181 Å². The van der Waals surface area contributed by atoms with E-state index in [0.717, 1.165) is 16.7 Å². The molecule has 5 aliphatic rings. The van der Waals surface area contributed by atoms with Crippen LogP contribution in [0.3, 0.4) is 0 Å². The number of rotatable bonds is 7. The number of ether oxygens (including phenoxy) is 2. The lowest BCUT2D eigenvalue weighted by Gasteiger charge is -2.31. The molecule has 1 aromatic carbocycles. The van der Waals surface area contributed by atoms with Crippen molar-refractivity contribution in [1.82, 2.24) is 25.2 Å². The van der Waals surface area contributed by atoms with Crippen molar-refractivity contribution in [3.8, 4) is 0 Å². The molecule has 266 valence electrons. The highest BCUT2D eigenvalue weighted by Crippen LogP contribution is 2.47. The smallest absolute Gasteiger partial charge is 0.410 e. The van der Waals surface area contributed by atoms with E-state index in [1.807, 2.05) is 37.3 Å². The number of benzene rings is 1. The Kier molecular flexibility index (Phi) is 9.66. The van der Waals surface area contributed by atoms with E-state index in [9.17, 15) is 32.4 Å². The number of carbonyl (C=O) groups is 5. The second-order valence-electron chi connectivity index (χ2n) is 14.1. The third kappa shape index (κ3) is 7.26. The number of cyclic esters (lactones) is 1. The first-order valence-electron chi connectivity index (χ1n) is 17.2. The van der Waals surface area contributed by atoms with Crippen molar-refractivity contribution in [3.63, 3.8) is 0 Å². The predicted octanol–water partition coefficient (Wildman–Crippen LogP) is 2.56. The van der Waals surface area contributed by atoms with Gasteiger partial charge in [0.2, 0.25) is 21.8 Å². The van der Waals surface area contributed by atoms with Gasteiger partial charge < -0.3 is 25.0 Å². The Balaban J connectivity index is 1.25. The van der Waals surface area contributed by atoms with E-state index in [2.05, 4.69) is 15.4 Å². The molecule has 0 spiro atoms. The van der Waals surface area contributed by atoms with Gasteiger partial charge in [0.15, 0.2) is 0 Å².